The van der Waals surface area contributed by atoms with Crippen LogP contribution in [0.1, 0.15) is 41.4 Å². The molecule has 0 aliphatic carbocycles. The second-order valence-corrected chi connectivity index (χ2v) is 6.53. The highest BCUT2D eigenvalue weighted by atomic mass is 15.1. The maximum absolute atomic E-state index is 4.78. The third-order valence-electron chi connectivity index (χ3n) is 4.92. The molecule has 0 radical (unpaired) electrons. The first-order chi connectivity index (χ1) is 12.8. The monoisotopic (exact) mass is 338 g/mol. The van der Waals surface area contributed by atoms with E-state index in [1.807, 2.05) is 6.20 Å². The van der Waals surface area contributed by atoms with Crippen molar-refractivity contribution >= 4 is 0 Å². The van der Waals surface area contributed by atoms with Gasteiger partial charge in [0.1, 0.15) is 5.82 Å². The van der Waals surface area contributed by atoms with E-state index in [9.17, 15) is 0 Å². The Hall–Kier alpha value is -3.13. The summed E-state index contributed by atoms with van der Waals surface area (Å²) < 4.78 is 2.29. The number of hydrogen-bond acceptors (Lipinski definition) is 1. The number of benzene rings is 3. The number of rotatable bonds is 5. The lowest BCUT2D eigenvalue weighted by atomic mass is 9.90. The summed E-state index contributed by atoms with van der Waals surface area (Å²) >= 11 is 0. The number of imidazole rings is 1. The van der Waals surface area contributed by atoms with Gasteiger partial charge in [-0.05, 0) is 23.6 Å². The topological polar surface area (TPSA) is 17.8 Å². The zero-order valence-electron chi connectivity index (χ0n) is 14.9. The van der Waals surface area contributed by atoms with Crippen LogP contribution >= 0.6 is 0 Å². The van der Waals surface area contributed by atoms with Crippen molar-refractivity contribution in [1.29, 1.82) is 0 Å². The molecule has 0 N–H and O–H groups in total. The zero-order chi connectivity index (χ0) is 17.8. The van der Waals surface area contributed by atoms with Gasteiger partial charge in [0.25, 0.3) is 0 Å². The van der Waals surface area contributed by atoms with Gasteiger partial charge in [-0.2, -0.15) is 0 Å². The maximum atomic E-state index is 4.78. The molecule has 0 aliphatic heterocycles. The predicted molar refractivity (Wildman–Crippen MR) is 106 cm³/mol. The summed E-state index contributed by atoms with van der Waals surface area (Å²) in [6.45, 7) is 2.23. The van der Waals surface area contributed by atoms with Crippen LogP contribution in [0.15, 0.2) is 103 Å². The molecule has 0 amide bonds. The van der Waals surface area contributed by atoms with Crippen LogP contribution in [0.4, 0.5) is 0 Å². The number of hydrogen-bond donors (Lipinski definition) is 0. The van der Waals surface area contributed by atoms with E-state index < -0.39 is 0 Å². The van der Waals surface area contributed by atoms with Crippen LogP contribution in [-0.2, 0) is 0 Å². The summed E-state index contributed by atoms with van der Waals surface area (Å²) in [5.41, 5.74) is 3.80. The Kier molecular flexibility index (Phi) is 4.65. The van der Waals surface area contributed by atoms with Gasteiger partial charge in [-0.3, -0.25) is 0 Å². The molecule has 1 unspecified atom stereocenters. The summed E-state index contributed by atoms with van der Waals surface area (Å²) in [5, 5.41) is 0. The van der Waals surface area contributed by atoms with Crippen molar-refractivity contribution in [2.45, 2.75) is 18.9 Å². The van der Waals surface area contributed by atoms with Gasteiger partial charge in [-0.15, -0.1) is 0 Å². The minimum Gasteiger partial charge on any atom is -0.327 e. The Labute approximate surface area is 154 Å². The summed E-state index contributed by atoms with van der Waals surface area (Å²) in [7, 11) is 0. The second-order valence-electron chi connectivity index (χ2n) is 6.53. The second kappa shape index (κ2) is 7.40. The van der Waals surface area contributed by atoms with Crippen molar-refractivity contribution in [3.05, 3.63) is 126 Å². The van der Waals surface area contributed by atoms with Crippen LogP contribution in [0.5, 0.6) is 0 Å². The Morgan fingerprint density at radius 3 is 1.62 bits per heavy atom. The normalized spacial score (nSPS) is 12.2. The lowest BCUT2D eigenvalue weighted by Gasteiger charge is -2.23. The summed E-state index contributed by atoms with van der Waals surface area (Å²) in [4.78, 5) is 4.78. The van der Waals surface area contributed by atoms with E-state index in [0.29, 0.717) is 0 Å². The third-order valence-corrected chi connectivity index (χ3v) is 4.92. The fourth-order valence-electron chi connectivity index (χ4n) is 3.55. The van der Waals surface area contributed by atoms with Crippen molar-refractivity contribution < 1.29 is 0 Å². The Morgan fingerprint density at radius 1 is 0.654 bits per heavy atom. The molecule has 0 bridgehead atoms. The first-order valence-corrected chi connectivity index (χ1v) is 9.02. The van der Waals surface area contributed by atoms with E-state index in [4.69, 9.17) is 4.98 Å². The summed E-state index contributed by atoms with van der Waals surface area (Å²) in [6, 6.07) is 32.1. The lowest BCUT2D eigenvalue weighted by molar-refractivity contribution is 0.594. The smallest absolute Gasteiger partial charge is 0.121 e. The molecule has 3 aromatic carbocycles. The minimum atomic E-state index is 0.110. The molecular formula is C24H22N2. The van der Waals surface area contributed by atoms with Gasteiger partial charge in [-0.1, -0.05) is 91.0 Å². The number of aromatic nitrogens is 2. The molecule has 1 heterocycles. The predicted octanol–water partition coefficient (Wildman–Crippen LogP) is 5.67. The van der Waals surface area contributed by atoms with Crippen molar-refractivity contribution in [3.8, 4) is 0 Å². The highest BCUT2D eigenvalue weighted by molar-refractivity contribution is 5.39. The van der Waals surface area contributed by atoms with E-state index in [1.54, 1.807) is 0 Å². The Morgan fingerprint density at radius 2 is 1.12 bits per heavy atom. The largest absolute Gasteiger partial charge is 0.327 e. The van der Waals surface area contributed by atoms with Crippen LogP contribution < -0.4 is 0 Å². The van der Waals surface area contributed by atoms with Crippen LogP contribution in [0.2, 0.25) is 0 Å². The zero-order valence-corrected chi connectivity index (χ0v) is 14.9. The average molecular weight is 338 g/mol. The number of nitrogens with zero attached hydrogens (tertiary/aromatic N) is 2. The van der Waals surface area contributed by atoms with Crippen molar-refractivity contribution in [1.82, 2.24) is 9.55 Å². The molecule has 2 heteroatoms. The van der Waals surface area contributed by atoms with Gasteiger partial charge in [0.15, 0.2) is 0 Å². The lowest BCUT2D eigenvalue weighted by Crippen LogP contribution is -2.15. The SMILES string of the molecule is CC(c1ccccc1)n1ccnc1C(c1ccccc1)c1ccccc1. The van der Waals surface area contributed by atoms with E-state index in [1.165, 1.54) is 16.7 Å². The van der Waals surface area contributed by atoms with E-state index >= 15 is 0 Å². The van der Waals surface area contributed by atoms with Gasteiger partial charge in [0.05, 0.1) is 12.0 Å². The van der Waals surface area contributed by atoms with E-state index in [2.05, 4.69) is 109 Å². The molecule has 1 aromatic heterocycles. The molecule has 0 fully saturated rings. The highest BCUT2D eigenvalue weighted by Crippen LogP contribution is 2.33. The summed E-state index contributed by atoms with van der Waals surface area (Å²) in [5.74, 6) is 1.18. The van der Waals surface area contributed by atoms with Crippen LogP contribution in [0.3, 0.4) is 0 Å². The molecule has 4 rings (SSSR count). The Balaban J connectivity index is 1.82. The third kappa shape index (κ3) is 3.18. The minimum absolute atomic E-state index is 0.110. The molecular weight excluding hydrogens is 316 g/mol. The van der Waals surface area contributed by atoms with Crippen LogP contribution in [-0.4, -0.2) is 9.55 Å². The van der Waals surface area contributed by atoms with Gasteiger partial charge < -0.3 is 4.57 Å². The molecule has 128 valence electrons. The van der Waals surface area contributed by atoms with Gasteiger partial charge in [-0.25, -0.2) is 4.98 Å². The van der Waals surface area contributed by atoms with Crippen molar-refractivity contribution in [2.75, 3.05) is 0 Å². The average Bonchev–Trinajstić information content (AvgIpc) is 3.19. The van der Waals surface area contributed by atoms with Gasteiger partial charge in [0.2, 0.25) is 0 Å². The van der Waals surface area contributed by atoms with Crippen LogP contribution in [0.25, 0.3) is 0 Å². The van der Waals surface area contributed by atoms with E-state index in [-0.39, 0.29) is 12.0 Å². The highest BCUT2D eigenvalue weighted by Gasteiger charge is 2.23. The molecule has 0 aliphatic rings. The molecule has 0 spiro atoms. The van der Waals surface area contributed by atoms with Crippen molar-refractivity contribution in [3.63, 3.8) is 0 Å². The quantitative estimate of drug-likeness (QED) is 0.458. The molecule has 2 nitrogen and oxygen atoms in total. The van der Waals surface area contributed by atoms with Crippen molar-refractivity contribution in [2.24, 2.45) is 0 Å². The van der Waals surface area contributed by atoms with E-state index in [0.717, 1.165) is 5.82 Å². The standard InChI is InChI=1S/C24H22N2/c1-19(20-11-5-2-6-12-20)26-18-17-25-24(26)23(21-13-7-3-8-14-21)22-15-9-4-10-16-22/h2-19,23H,1H3. The maximum Gasteiger partial charge on any atom is 0.121 e. The summed E-state index contributed by atoms with van der Waals surface area (Å²) in [6.07, 6.45) is 4.00. The van der Waals surface area contributed by atoms with Gasteiger partial charge in [0, 0.05) is 12.4 Å². The Bertz CT molecular complexity index is 904. The molecule has 26 heavy (non-hydrogen) atoms. The first kappa shape index (κ1) is 16.3. The molecule has 0 saturated heterocycles. The first-order valence-electron chi connectivity index (χ1n) is 9.02. The fourth-order valence-corrected chi connectivity index (χ4v) is 3.55. The molecule has 1 atom stereocenters. The van der Waals surface area contributed by atoms with Gasteiger partial charge >= 0.3 is 0 Å². The van der Waals surface area contributed by atoms with Crippen LogP contribution in [0, 0.1) is 0 Å². The fraction of sp³-hybridized carbons (Fsp3) is 0.125. The molecule has 4 aromatic rings. The molecule has 0 saturated carbocycles.